The maximum absolute atomic E-state index is 12.5. The molecular weight excluding hydrogens is 380 g/mol. The van der Waals surface area contributed by atoms with Gasteiger partial charge in [-0.2, -0.15) is 0 Å². The fourth-order valence-corrected chi connectivity index (χ4v) is 3.66. The van der Waals surface area contributed by atoms with Crippen LogP contribution in [0.4, 0.5) is 5.69 Å². The van der Waals surface area contributed by atoms with E-state index < -0.39 is 0 Å². The first-order valence-electron chi connectivity index (χ1n) is 9.27. The Labute approximate surface area is 167 Å². The monoisotopic (exact) mass is 404 g/mol. The van der Waals surface area contributed by atoms with Crippen molar-refractivity contribution >= 4 is 29.1 Å². The van der Waals surface area contributed by atoms with Crippen molar-refractivity contribution in [3.63, 3.8) is 0 Å². The summed E-state index contributed by atoms with van der Waals surface area (Å²) in [4.78, 5) is 36.2. The van der Waals surface area contributed by atoms with Crippen LogP contribution in [0, 0.1) is 5.92 Å². The van der Waals surface area contributed by atoms with Crippen molar-refractivity contribution in [1.82, 2.24) is 14.8 Å². The molecule has 28 heavy (non-hydrogen) atoms. The van der Waals surface area contributed by atoms with Crippen LogP contribution in [-0.2, 0) is 16.1 Å². The van der Waals surface area contributed by atoms with Gasteiger partial charge in [-0.1, -0.05) is 25.6 Å². The lowest BCUT2D eigenvalue weighted by atomic mass is 10.1. The zero-order valence-corrected chi connectivity index (χ0v) is 16.8. The molecule has 8 nitrogen and oxygen atoms in total. The fraction of sp³-hybridized carbons (Fsp3) is 0.474. The summed E-state index contributed by atoms with van der Waals surface area (Å²) < 4.78 is 7.10. The third-order valence-electron chi connectivity index (χ3n) is 4.46. The summed E-state index contributed by atoms with van der Waals surface area (Å²) in [6.45, 7) is 4.79. The Bertz CT molecular complexity index is 882. The average Bonchev–Trinajstić information content (AvgIpc) is 3.31. The molecule has 1 amide bonds. The first-order chi connectivity index (χ1) is 13.4. The SMILES string of the molecule is CC(C)C(=O)Nc1ccc(C(=O)CSc2n[nH]c(=O)n2C[C@@H]2CCCO2)cc1. The highest BCUT2D eigenvalue weighted by atomic mass is 32.2. The number of hydrogen-bond donors (Lipinski definition) is 2. The topological polar surface area (TPSA) is 106 Å². The number of carbonyl (C=O) groups is 2. The Morgan fingerprint density at radius 1 is 1.36 bits per heavy atom. The second-order valence-electron chi connectivity index (χ2n) is 6.99. The Balaban J connectivity index is 1.58. The minimum Gasteiger partial charge on any atom is -0.376 e. The quantitative estimate of drug-likeness (QED) is 0.517. The van der Waals surface area contributed by atoms with Crippen molar-refractivity contribution < 1.29 is 14.3 Å². The van der Waals surface area contributed by atoms with Gasteiger partial charge in [0.05, 0.1) is 18.4 Å². The van der Waals surface area contributed by atoms with Gasteiger partial charge in [0.25, 0.3) is 0 Å². The minimum atomic E-state index is -0.296. The molecule has 0 saturated carbocycles. The number of benzene rings is 1. The molecule has 0 aliphatic carbocycles. The van der Waals surface area contributed by atoms with Gasteiger partial charge in [-0.25, -0.2) is 9.89 Å². The van der Waals surface area contributed by atoms with Gasteiger partial charge in [-0.3, -0.25) is 14.2 Å². The van der Waals surface area contributed by atoms with Crippen molar-refractivity contribution in [2.75, 3.05) is 17.7 Å². The van der Waals surface area contributed by atoms with Crippen molar-refractivity contribution in [2.24, 2.45) is 5.92 Å². The number of aromatic nitrogens is 3. The molecule has 0 unspecified atom stereocenters. The fourth-order valence-electron chi connectivity index (χ4n) is 2.81. The van der Waals surface area contributed by atoms with Gasteiger partial charge in [0.1, 0.15) is 0 Å². The van der Waals surface area contributed by atoms with Gasteiger partial charge < -0.3 is 10.1 Å². The van der Waals surface area contributed by atoms with Gasteiger partial charge in [0, 0.05) is 23.8 Å². The molecule has 1 aromatic carbocycles. The van der Waals surface area contributed by atoms with E-state index in [0.29, 0.717) is 29.6 Å². The smallest absolute Gasteiger partial charge is 0.344 e. The molecule has 0 radical (unpaired) electrons. The number of H-pyrrole nitrogens is 1. The summed E-state index contributed by atoms with van der Waals surface area (Å²) in [5.74, 6) is -0.102. The average molecular weight is 404 g/mol. The van der Waals surface area contributed by atoms with Crippen LogP contribution in [0.25, 0.3) is 0 Å². The van der Waals surface area contributed by atoms with E-state index in [1.165, 1.54) is 16.3 Å². The molecule has 0 spiro atoms. The van der Waals surface area contributed by atoms with Crippen molar-refractivity contribution in [1.29, 1.82) is 0 Å². The molecule has 1 aliphatic rings. The number of rotatable bonds is 8. The Kier molecular flexibility index (Phi) is 6.69. The summed E-state index contributed by atoms with van der Waals surface area (Å²) in [6, 6.07) is 6.78. The largest absolute Gasteiger partial charge is 0.376 e. The summed E-state index contributed by atoms with van der Waals surface area (Å²) in [7, 11) is 0. The maximum atomic E-state index is 12.5. The molecule has 1 atom stereocenters. The zero-order chi connectivity index (χ0) is 20.1. The summed E-state index contributed by atoms with van der Waals surface area (Å²) >= 11 is 1.22. The minimum absolute atomic E-state index is 0.0129. The normalized spacial score (nSPS) is 16.5. The molecule has 2 N–H and O–H groups in total. The Hall–Kier alpha value is -2.39. The third-order valence-corrected chi connectivity index (χ3v) is 5.44. The molecule has 2 heterocycles. The van der Waals surface area contributed by atoms with Crippen LogP contribution < -0.4 is 11.0 Å². The van der Waals surface area contributed by atoms with E-state index in [2.05, 4.69) is 15.5 Å². The number of Topliss-reactive ketones (excluding diaryl/α,β-unsaturated/α-hetero) is 1. The number of hydrogen-bond acceptors (Lipinski definition) is 6. The van der Waals surface area contributed by atoms with Gasteiger partial charge in [-0.15, -0.1) is 5.10 Å². The van der Waals surface area contributed by atoms with E-state index in [0.717, 1.165) is 12.8 Å². The predicted octanol–water partition coefficient (Wildman–Crippen LogP) is 2.32. The van der Waals surface area contributed by atoms with Gasteiger partial charge in [-0.05, 0) is 37.1 Å². The van der Waals surface area contributed by atoms with E-state index in [4.69, 9.17) is 4.74 Å². The van der Waals surface area contributed by atoms with Crippen LogP contribution in [0.5, 0.6) is 0 Å². The number of nitrogens with zero attached hydrogens (tertiary/aromatic N) is 2. The molecular formula is C19H24N4O4S. The van der Waals surface area contributed by atoms with E-state index in [1.807, 2.05) is 13.8 Å². The first-order valence-corrected chi connectivity index (χ1v) is 10.3. The summed E-state index contributed by atoms with van der Waals surface area (Å²) in [5.41, 5.74) is 0.898. The zero-order valence-electron chi connectivity index (χ0n) is 15.9. The molecule has 0 bridgehead atoms. The van der Waals surface area contributed by atoms with Crippen molar-refractivity contribution in [3.05, 3.63) is 40.3 Å². The molecule has 3 rings (SSSR count). The standard InChI is InChI=1S/C19H24N4O4S/c1-12(2)17(25)20-14-7-5-13(6-8-14)16(24)11-28-19-22-21-18(26)23(19)10-15-4-3-9-27-15/h5-8,12,15H,3-4,9-11H2,1-2H3,(H,20,25)(H,21,26)/t15-/m0/s1. The number of ketones is 1. The molecule has 1 aliphatic heterocycles. The van der Waals surface area contributed by atoms with Crippen LogP contribution in [0.15, 0.2) is 34.2 Å². The highest BCUT2D eigenvalue weighted by Crippen LogP contribution is 2.20. The lowest BCUT2D eigenvalue weighted by Crippen LogP contribution is -2.25. The molecule has 2 aromatic rings. The first kappa shape index (κ1) is 20.3. The molecule has 150 valence electrons. The van der Waals surface area contributed by atoms with Gasteiger partial charge in [0.2, 0.25) is 5.91 Å². The van der Waals surface area contributed by atoms with Crippen LogP contribution in [0.2, 0.25) is 0 Å². The number of anilines is 1. The summed E-state index contributed by atoms with van der Waals surface area (Å²) in [6.07, 6.45) is 1.92. The molecule has 9 heteroatoms. The second kappa shape index (κ2) is 9.20. The lowest BCUT2D eigenvalue weighted by molar-refractivity contribution is -0.118. The highest BCUT2D eigenvalue weighted by Gasteiger charge is 2.20. The van der Waals surface area contributed by atoms with Crippen molar-refractivity contribution in [3.8, 4) is 0 Å². The maximum Gasteiger partial charge on any atom is 0.344 e. The number of aromatic amines is 1. The number of thioether (sulfide) groups is 1. The van der Waals surface area contributed by atoms with Crippen LogP contribution in [0.1, 0.15) is 37.0 Å². The number of ether oxygens (including phenoxy) is 1. The number of carbonyl (C=O) groups excluding carboxylic acids is 2. The third kappa shape index (κ3) is 5.11. The van der Waals surface area contributed by atoms with Gasteiger partial charge >= 0.3 is 5.69 Å². The summed E-state index contributed by atoms with van der Waals surface area (Å²) in [5, 5.41) is 9.73. The van der Waals surface area contributed by atoms with Gasteiger partial charge in [0.15, 0.2) is 10.9 Å². The Morgan fingerprint density at radius 2 is 2.11 bits per heavy atom. The van der Waals surface area contributed by atoms with Crippen LogP contribution in [0.3, 0.4) is 0 Å². The van der Waals surface area contributed by atoms with E-state index in [9.17, 15) is 14.4 Å². The predicted molar refractivity (Wildman–Crippen MR) is 107 cm³/mol. The molecule has 1 fully saturated rings. The lowest BCUT2D eigenvalue weighted by Gasteiger charge is -2.11. The Morgan fingerprint density at radius 3 is 2.75 bits per heavy atom. The van der Waals surface area contributed by atoms with E-state index in [1.54, 1.807) is 24.3 Å². The second-order valence-corrected chi connectivity index (χ2v) is 7.93. The van der Waals surface area contributed by atoms with E-state index in [-0.39, 0.29) is 35.2 Å². The number of amides is 1. The van der Waals surface area contributed by atoms with Crippen LogP contribution >= 0.6 is 11.8 Å². The molecule has 1 aromatic heterocycles. The number of nitrogens with one attached hydrogen (secondary N) is 2. The van der Waals surface area contributed by atoms with Crippen molar-refractivity contribution in [2.45, 2.75) is 44.5 Å². The van der Waals surface area contributed by atoms with Crippen LogP contribution in [-0.4, -0.2) is 44.9 Å². The highest BCUT2D eigenvalue weighted by molar-refractivity contribution is 7.99. The molecule has 1 saturated heterocycles. The van der Waals surface area contributed by atoms with E-state index >= 15 is 0 Å².